The Morgan fingerprint density at radius 1 is 1.74 bits per heavy atom. The summed E-state index contributed by atoms with van der Waals surface area (Å²) >= 11 is 10.00. The molecule has 1 unspecified atom stereocenters. The number of rotatable bonds is 6. The van der Waals surface area contributed by atoms with Gasteiger partial charge >= 0.3 is 0 Å². The first-order chi connectivity index (χ1) is 8.80. The Morgan fingerprint density at radius 3 is 2.79 bits per heavy atom. The highest BCUT2D eigenvalue weighted by atomic mass is 79.9. The number of hydrogen-bond donors (Lipinski definition) is 3. The van der Waals surface area contributed by atoms with E-state index in [0.717, 1.165) is 11.3 Å². The molecule has 0 aliphatic rings. The van der Waals surface area contributed by atoms with Crippen LogP contribution >= 0.6 is 38.9 Å². The fraction of sp³-hybridized carbons (Fsp3) is 0.444. The van der Waals surface area contributed by atoms with E-state index in [9.17, 15) is 8.42 Å². The van der Waals surface area contributed by atoms with Crippen LogP contribution in [0.15, 0.2) is 19.2 Å². The van der Waals surface area contributed by atoms with Gasteiger partial charge in [-0.05, 0) is 28.4 Å². The summed E-state index contributed by atoms with van der Waals surface area (Å²) in [5.74, 6) is -0.0278. The number of sulfonamides is 1. The zero-order chi connectivity index (χ0) is 14.6. The van der Waals surface area contributed by atoms with Gasteiger partial charge in [-0.25, -0.2) is 13.1 Å². The predicted molar refractivity (Wildman–Crippen MR) is 79.5 cm³/mol. The average molecular weight is 391 g/mol. The maximum absolute atomic E-state index is 12.1. The summed E-state index contributed by atoms with van der Waals surface area (Å²) in [5, 5.41) is 11.7. The van der Waals surface area contributed by atoms with E-state index in [-0.39, 0.29) is 16.5 Å². The van der Waals surface area contributed by atoms with Crippen LogP contribution < -0.4 is 10.5 Å². The van der Waals surface area contributed by atoms with Crippen molar-refractivity contribution < 1.29 is 13.6 Å². The lowest BCUT2D eigenvalue weighted by atomic mass is 10.1. The molecule has 4 N–H and O–H groups in total. The molecule has 0 saturated heterocycles. The fourth-order valence-electron chi connectivity index (χ4n) is 1.30. The second kappa shape index (κ2) is 6.89. The Labute approximate surface area is 128 Å². The second-order valence-corrected chi connectivity index (χ2v) is 8.43. The molecule has 10 heteroatoms. The van der Waals surface area contributed by atoms with Gasteiger partial charge in [0.15, 0.2) is 0 Å². The zero-order valence-corrected chi connectivity index (χ0v) is 13.9. The topological polar surface area (TPSA) is 105 Å². The quantitative estimate of drug-likeness (QED) is 0.300. The summed E-state index contributed by atoms with van der Waals surface area (Å²) in [7, 11) is -3.67. The monoisotopic (exact) mass is 389 g/mol. The van der Waals surface area contributed by atoms with Crippen LogP contribution in [0.4, 0.5) is 0 Å². The maximum Gasteiger partial charge on any atom is 0.250 e. The number of halogens is 2. The lowest BCUT2D eigenvalue weighted by Gasteiger charge is -2.15. The van der Waals surface area contributed by atoms with Gasteiger partial charge in [0.2, 0.25) is 10.0 Å². The summed E-state index contributed by atoms with van der Waals surface area (Å²) < 4.78 is 27.4. The van der Waals surface area contributed by atoms with Crippen LogP contribution in [-0.4, -0.2) is 25.5 Å². The van der Waals surface area contributed by atoms with Crippen LogP contribution in [0.5, 0.6) is 0 Å². The zero-order valence-electron chi connectivity index (χ0n) is 9.93. The smallest absolute Gasteiger partial charge is 0.250 e. The predicted octanol–water partition coefficient (Wildman–Crippen LogP) is 2.36. The Morgan fingerprint density at radius 2 is 2.37 bits per heavy atom. The van der Waals surface area contributed by atoms with Gasteiger partial charge in [0.25, 0.3) is 0 Å². The SMILES string of the molecule is CCC(CC(N)=NO)NS(=O)(=O)c1cc(Cl)c(Br)s1. The molecule has 1 aromatic heterocycles. The third-order valence-corrected chi connectivity index (χ3v) is 6.75. The van der Waals surface area contributed by atoms with E-state index in [1.807, 2.05) is 0 Å². The van der Waals surface area contributed by atoms with Gasteiger partial charge < -0.3 is 10.9 Å². The van der Waals surface area contributed by atoms with Crippen LogP contribution in [0.3, 0.4) is 0 Å². The van der Waals surface area contributed by atoms with Crippen LogP contribution in [0.25, 0.3) is 0 Å². The van der Waals surface area contributed by atoms with Gasteiger partial charge in [-0.2, -0.15) is 0 Å². The lowest BCUT2D eigenvalue weighted by molar-refractivity contribution is 0.316. The van der Waals surface area contributed by atoms with Gasteiger partial charge in [0, 0.05) is 12.5 Å². The summed E-state index contributed by atoms with van der Waals surface area (Å²) in [4.78, 5) is 0. The van der Waals surface area contributed by atoms with E-state index < -0.39 is 16.1 Å². The molecule has 0 aliphatic heterocycles. The van der Waals surface area contributed by atoms with Crippen LogP contribution in [0, 0.1) is 0 Å². The van der Waals surface area contributed by atoms with Crippen molar-refractivity contribution in [2.45, 2.75) is 30.0 Å². The highest BCUT2D eigenvalue weighted by Crippen LogP contribution is 2.34. The highest BCUT2D eigenvalue weighted by Gasteiger charge is 2.23. The van der Waals surface area contributed by atoms with Crippen molar-refractivity contribution >= 4 is 54.7 Å². The molecule has 0 saturated carbocycles. The minimum Gasteiger partial charge on any atom is -0.409 e. The van der Waals surface area contributed by atoms with Crippen molar-refractivity contribution in [3.63, 3.8) is 0 Å². The van der Waals surface area contributed by atoms with E-state index >= 15 is 0 Å². The van der Waals surface area contributed by atoms with E-state index in [2.05, 4.69) is 25.8 Å². The first-order valence-corrected chi connectivity index (χ1v) is 8.70. The first kappa shape index (κ1) is 16.7. The molecule has 0 aromatic carbocycles. The molecule has 1 rings (SSSR count). The largest absolute Gasteiger partial charge is 0.409 e. The maximum atomic E-state index is 12.1. The van der Waals surface area contributed by atoms with Crippen LogP contribution in [-0.2, 0) is 10.0 Å². The second-order valence-electron chi connectivity index (χ2n) is 3.71. The molecule has 1 atom stereocenters. The number of hydrogen-bond acceptors (Lipinski definition) is 5. The highest BCUT2D eigenvalue weighted by molar-refractivity contribution is 9.11. The van der Waals surface area contributed by atoms with Gasteiger partial charge in [-0.3, -0.25) is 0 Å². The molecule has 1 aromatic rings. The lowest BCUT2D eigenvalue weighted by Crippen LogP contribution is -2.37. The van der Waals surface area contributed by atoms with Crippen LogP contribution in [0.2, 0.25) is 5.02 Å². The molecule has 0 bridgehead atoms. The van der Waals surface area contributed by atoms with E-state index in [4.69, 9.17) is 22.5 Å². The van der Waals surface area contributed by atoms with Crippen molar-refractivity contribution in [2.75, 3.05) is 0 Å². The van der Waals surface area contributed by atoms with Gasteiger partial charge in [0.05, 0.1) is 8.81 Å². The molecule has 6 nitrogen and oxygen atoms in total. The molecule has 1 heterocycles. The molecular formula is C9H13BrClN3O3S2. The summed E-state index contributed by atoms with van der Waals surface area (Å²) in [6.45, 7) is 1.80. The van der Waals surface area contributed by atoms with E-state index in [1.54, 1.807) is 6.92 Å². The Balaban J connectivity index is 2.89. The molecule has 0 aliphatic carbocycles. The van der Waals surface area contributed by atoms with E-state index in [1.165, 1.54) is 6.07 Å². The summed E-state index contributed by atoms with van der Waals surface area (Å²) in [5.41, 5.74) is 5.37. The van der Waals surface area contributed by atoms with E-state index in [0.29, 0.717) is 15.2 Å². The standard InChI is InChI=1S/C9H13BrClN3O3S2/c1-2-5(3-7(12)13-15)14-19(16,17)8-4-6(11)9(10)18-8/h4-5,14-15H,2-3H2,1H3,(H2,12,13). The molecule has 0 spiro atoms. The normalized spacial score (nSPS) is 14.6. The number of thiophene rings is 1. The van der Waals surface area contributed by atoms with Gasteiger partial charge in [-0.15, -0.1) is 11.3 Å². The van der Waals surface area contributed by atoms with Crippen molar-refractivity contribution in [3.8, 4) is 0 Å². The number of oxime groups is 1. The summed E-state index contributed by atoms with van der Waals surface area (Å²) in [6.07, 6.45) is 0.641. The van der Waals surface area contributed by atoms with Gasteiger partial charge in [-0.1, -0.05) is 23.7 Å². The minimum atomic E-state index is -3.67. The molecule has 108 valence electrons. The molecule has 19 heavy (non-hydrogen) atoms. The molecular weight excluding hydrogens is 378 g/mol. The molecule has 0 amide bonds. The molecule has 0 radical (unpaired) electrons. The van der Waals surface area contributed by atoms with Crippen LogP contribution in [0.1, 0.15) is 19.8 Å². The van der Waals surface area contributed by atoms with Crippen molar-refractivity contribution in [2.24, 2.45) is 10.9 Å². The van der Waals surface area contributed by atoms with Gasteiger partial charge in [0.1, 0.15) is 10.0 Å². The average Bonchev–Trinajstić information content (AvgIpc) is 2.69. The summed E-state index contributed by atoms with van der Waals surface area (Å²) in [6, 6.07) is 0.926. The Hall–Kier alpha value is -0.350. The fourth-order valence-corrected chi connectivity index (χ4v) is 5.03. The third-order valence-electron chi connectivity index (χ3n) is 2.29. The van der Waals surface area contributed by atoms with Crippen molar-refractivity contribution in [1.82, 2.24) is 4.72 Å². The number of nitrogens with one attached hydrogen (secondary N) is 1. The Bertz CT molecular complexity index is 554. The Kier molecular flexibility index (Phi) is 6.06. The molecule has 0 fully saturated rings. The third kappa shape index (κ3) is 4.60. The first-order valence-electron chi connectivity index (χ1n) is 5.23. The number of nitrogens with two attached hydrogens (primary N) is 1. The van der Waals surface area contributed by atoms with Crippen molar-refractivity contribution in [3.05, 3.63) is 14.9 Å². The number of nitrogens with zero attached hydrogens (tertiary/aromatic N) is 1. The van der Waals surface area contributed by atoms with Crippen molar-refractivity contribution in [1.29, 1.82) is 0 Å². The minimum absolute atomic E-state index is 0.0278. The number of amidine groups is 1.